The minimum absolute atomic E-state index is 0.0883. The molecule has 0 saturated carbocycles. The molecular formula is C30H35F3N6O. The van der Waals surface area contributed by atoms with Crippen molar-refractivity contribution in [1.82, 2.24) is 24.8 Å². The van der Waals surface area contributed by atoms with Crippen LogP contribution in [0.15, 0.2) is 42.7 Å². The number of piperidine rings is 2. The summed E-state index contributed by atoms with van der Waals surface area (Å²) >= 11 is 0. The Labute approximate surface area is 231 Å². The summed E-state index contributed by atoms with van der Waals surface area (Å²) in [5, 5.41) is 1.83. The third-order valence-electron chi connectivity index (χ3n) is 8.48. The molecule has 1 aromatic carbocycles. The SMILES string of the molecule is CCN1CCC(Oc2c(N)ncc3[nH]c4ncc(-c5ccc(CN6CCC(C(F)(F)F)CC6)cc5)cc4c23)CC1. The third kappa shape index (κ3) is 5.47. The topological polar surface area (TPSA) is 83.3 Å². The molecule has 2 fully saturated rings. The van der Waals surface area contributed by atoms with Crippen LogP contribution in [-0.4, -0.2) is 69.8 Å². The Balaban J connectivity index is 1.22. The van der Waals surface area contributed by atoms with Crippen molar-refractivity contribution < 1.29 is 17.9 Å². The second-order valence-electron chi connectivity index (χ2n) is 11.0. The molecule has 4 aromatic rings. The highest BCUT2D eigenvalue weighted by Crippen LogP contribution is 2.39. The summed E-state index contributed by atoms with van der Waals surface area (Å²) in [6, 6.07) is 10.3. The van der Waals surface area contributed by atoms with Crippen LogP contribution >= 0.6 is 0 Å². The monoisotopic (exact) mass is 552 g/mol. The molecule has 10 heteroatoms. The van der Waals surface area contributed by atoms with E-state index < -0.39 is 12.1 Å². The van der Waals surface area contributed by atoms with Gasteiger partial charge in [0, 0.05) is 36.8 Å². The molecule has 0 aliphatic carbocycles. The summed E-state index contributed by atoms with van der Waals surface area (Å²) in [5.74, 6) is -0.188. The van der Waals surface area contributed by atoms with Crippen LogP contribution < -0.4 is 10.5 Å². The van der Waals surface area contributed by atoms with Gasteiger partial charge in [0.15, 0.2) is 11.6 Å². The maximum absolute atomic E-state index is 13.0. The van der Waals surface area contributed by atoms with E-state index in [1.54, 1.807) is 6.20 Å². The second kappa shape index (κ2) is 10.9. The molecule has 0 unspecified atom stereocenters. The van der Waals surface area contributed by atoms with E-state index in [-0.39, 0.29) is 18.9 Å². The number of nitrogen functional groups attached to an aromatic ring is 1. The van der Waals surface area contributed by atoms with Gasteiger partial charge in [-0.15, -0.1) is 0 Å². The summed E-state index contributed by atoms with van der Waals surface area (Å²) in [7, 11) is 0. The number of hydrogen-bond acceptors (Lipinski definition) is 6. The molecule has 3 N–H and O–H groups in total. The van der Waals surface area contributed by atoms with Gasteiger partial charge in [-0.2, -0.15) is 13.2 Å². The van der Waals surface area contributed by atoms with Crippen LogP contribution in [0.4, 0.5) is 19.0 Å². The van der Waals surface area contributed by atoms with E-state index in [1.807, 2.05) is 30.5 Å². The van der Waals surface area contributed by atoms with E-state index in [0.29, 0.717) is 31.2 Å². The number of rotatable bonds is 6. The van der Waals surface area contributed by atoms with E-state index in [2.05, 4.69) is 37.7 Å². The predicted octanol–water partition coefficient (Wildman–Crippen LogP) is 6.00. The Morgan fingerprint density at radius 3 is 2.33 bits per heavy atom. The summed E-state index contributed by atoms with van der Waals surface area (Å²) in [6.45, 7) is 6.82. The van der Waals surface area contributed by atoms with Crippen molar-refractivity contribution in [3.05, 3.63) is 48.3 Å². The molecular weight excluding hydrogens is 517 g/mol. The van der Waals surface area contributed by atoms with Gasteiger partial charge in [-0.25, -0.2) is 9.97 Å². The maximum Gasteiger partial charge on any atom is 0.391 e. The number of likely N-dealkylation sites (tertiary alicyclic amines) is 2. The molecule has 7 nitrogen and oxygen atoms in total. The van der Waals surface area contributed by atoms with Crippen LogP contribution in [0, 0.1) is 5.92 Å². The lowest BCUT2D eigenvalue weighted by Crippen LogP contribution is -2.38. The van der Waals surface area contributed by atoms with Gasteiger partial charge < -0.3 is 20.4 Å². The molecule has 2 aliphatic heterocycles. The van der Waals surface area contributed by atoms with Crippen LogP contribution in [0.3, 0.4) is 0 Å². The van der Waals surface area contributed by atoms with E-state index in [9.17, 15) is 13.2 Å². The number of benzene rings is 1. The Kier molecular flexibility index (Phi) is 7.31. The van der Waals surface area contributed by atoms with E-state index in [4.69, 9.17) is 10.5 Å². The first kappa shape index (κ1) is 26.8. The van der Waals surface area contributed by atoms with Crippen molar-refractivity contribution in [2.75, 3.05) is 38.5 Å². The highest BCUT2D eigenvalue weighted by Gasteiger charge is 2.41. The van der Waals surface area contributed by atoms with Gasteiger partial charge in [-0.05, 0) is 62.5 Å². The average Bonchev–Trinajstić information content (AvgIpc) is 3.33. The zero-order chi connectivity index (χ0) is 27.9. The summed E-state index contributed by atoms with van der Waals surface area (Å²) < 4.78 is 45.5. The molecule has 40 heavy (non-hydrogen) atoms. The van der Waals surface area contributed by atoms with Gasteiger partial charge in [0.2, 0.25) is 0 Å². The lowest BCUT2D eigenvalue weighted by Gasteiger charge is -2.32. The molecule has 0 amide bonds. The van der Waals surface area contributed by atoms with E-state index >= 15 is 0 Å². The number of anilines is 1. The highest BCUT2D eigenvalue weighted by molar-refractivity contribution is 6.11. The second-order valence-corrected chi connectivity index (χ2v) is 11.0. The molecule has 0 spiro atoms. The van der Waals surface area contributed by atoms with Crippen molar-refractivity contribution in [3.8, 4) is 16.9 Å². The first-order valence-electron chi connectivity index (χ1n) is 14.1. The molecule has 2 saturated heterocycles. The highest BCUT2D eigenvalue weighted by atomic mass is 19.4. The van der Waals surface area contributed by atoms with Gasteiger partial charge >= 0.3 is 6.18 Å². The first-order chi connectivity index (χ1) is 19.3. The molecule has 0 atom stereocenters. The molecule has 6 rings (SSSR count). The van der Waals surface area contributed by atoms with Crippen molar-refractivity contribution in [3.63, 3.8) is 0 Å². The van der Waals surface area contributed by atoms with Crippen molar-refractivity contribution in [1.29, 1.82) is 0 Å². The number of aromatic nitrogens is 3. The molecule has 0 radical (unpaired) electrons. The van der Waals surface area contributed by atoms with Gasteiger partial charge in [0.25, 0.3) is 0 Å². The van der Waals surface area contributed by atoms with Gasteiger partial charge in [-0.3, -0.25) is 4.90 Å². The number of hydrogen-bond donors (Lipinski definition) is 2. The number of alkyl halides is 3. The molecule has 212 valence electrons. The number of nitrogens with zero attached hydrogens (tertiary/aromatic N) is 4. The third-order valence-corrected chi connectivity index (χ3v) is 8.48. The zero-order valence-corrected chi connectivity index (χ0v) is 22.7. The van der Waals surface area contributed by atoms with Crippen LogP contribution in [0.5, 0.6) is 5.75 Å². The van der Waals surface area contributed by atoms with Crippen molar-refractivity contribution in [2.45, 2.75) is 51.4 Å². The van der Waals surface area contributed by atoms with Crippen LogP contribution in [0.25, 0.3) is 33.1 Å². The maximum atomic E-state index is 13.0. The molecule has 5 heterocycles. The normalized spacial score (nSPS) is 18.6. The number of aromatic amines is 1. The molecule has 0 bridgehead atoms. The average molecular weight is 553 g/mol. The van der Waals surface area contributed by atoms with Crippen LogP contribution in [-0.2, 0) is 6.54 Å². The first-order valence-corrected chi connectivity index (χ1v) is 14.1. The number of fused-ring (bicyclic) bond motifs is 3. The molecule has 2 aliphatic rings. The fourth-order valence-electron chi connectivity index (χ4n) is 6.02. The van der Waals surface area contributed by atoms with Gasteiger partial charge in [-0.1, -0.05) is 31.2 Å². The van der Waals surface area contributed by atoms with Crippen LogP contribution in [0.1, 0.15) is 38.2 Å². The number of pyridine rings is 2. The fourth-order valence-corrected chi connectivity index (χ4v) is 6.02. The fraction of sp³-hybridized carbons (Fsp3) is 0.467. The Hall–Kier alpha value is -3.37. The van der Waals surface area contributed by atoms with E-state index in [1.165, 1.54) is 0 Å². The van der Waals surface area contributed by atoms with Gasteiger partial charge in [0.1, 0.15) is 11.8 Å². The quantitative estimate of drug-likeness (QED) is 0.305. The summed E-state index contributed by atoms with van der Waals surface area (Å²) in [4.78, 5) is 16.9. The Bertz CT molecular complexity index is 1470. The minimum atomic E-state index is -4.09. The number of halogens is 3. The predicted molar refractivity (Wildman–Crippen MR) is 151 cm³/mol. The number of H-pyrrole nitrogens is 1. The number of ether oxygens (including phenoxy) is 1. The molecule has 3 aromatic heterocycles. The smallest absolute Gasteiger partial charge is 0.391 e. The Morgan fingerprint density at radius 2 is 1.65 bits per heavy atom. The largest absolute Gasteiger partial charge is 0.486 e. The standard InChI is InChI=1S/C30H35F3N6O/c1-2-38-13-9-23(10-14-38)40-27-26-24-15-21(16-36-29(24)37-25(26)17-35-28(27)34)20-5-3-19(4-6-20)18-39-11-7-22(8-12-39)30(31,32)33/h3-6,15-17,22-23H,2,7-14,18H2,1H3,(H2,34,35)(H,36,37). The lowest BCUT2D eigenvalue weighted by atomic mass is 9.96. The minimum Gasteiger partial charge on any atom is -0.486 e. The lowest BCUT2D eigenvalue weighted by molar-refractivity contribution is -0.185. The summed E-state index contributed by atoms with van der Waals surface area (Å²) in [5.41, 5.74) is 11.0. The summed E-state index contributed by atoms with van der Waals surface area (Å²) in [6.07, 6.45) is 1.80. The van der Waals surface area contributed by atoms with Crippen LogP contribution in [0.2, 0.25) is 0 Å². The van der Waals surface area contributed by atoms with E-state index in [0.717, 1.165) is 71.1 Å². The Morgan fingerprint density at radius 1 is 0.950 bits per heavy atom. The number of nitrogens with one attached hydrogen (secondary N) is 1. The van der Waals surface area contributed by atoms with Crippen molar-refractivity contribution in [2.24, 2.45) is 5.92 Å². The zero-order valence-electron chi connectivity index (χ0n) is 22.7. The number of nitrogens with two attached hydrogens (primary N) is 1. The van der Waals surface area contributed by atoms with Gasteiger partial charge in [0.05, 0.1) is 23.0 Å². The van der Waals surface area contributed by atoms with Crippen molar-refractivity contribution >= 4 is 27.8 Å².